The molecule has 3 aromatic heterocycles. The second-order valence-corrected chi connectivity index (χ2v) is 10.3. The van der Waals surface area contributed by atoms with Gasteiger partial charge in [-0.05, 0) is 18.9 Å². The number of nitrogens with zero attached hydrogens (tertiary/aromatic N) is 7. The number of pyridine rings is 1. The van der Waals surface area contributed by atoms with Crippen LogP contribution in [0.1, 0.15) is 12.8 Å². The zero-order valence-electron chi connectivity index (χ0n) is 21.0. The second-order valence-electron chi connectivity index (χ2n) is 10.3. The van der Waals surface area contributed by atoms with Gasteiger partial charge in [0.25, 0.3) is 0 Å². The molecular weight excluding hydrogens is 517 g/mol. The van der Waals surface area contributed by atoms with E-state index in [0.29, 0.717) is 36.6 Å². The smallest absolute Gasteiger partial charge is 0.406 e. The molecule has 0 aliphatic carbocycles. The lowest BCUT2D eigenvalue weighted by Gasteiger charge is -2.54. The Morgan fingerprint density at radius 2 is 1.95 bits per heavy atom. The van der Waals surface area contributed by atoms with Crippen molar-refractivity contribution in [1.82, 2.24) is 29.6 Å². The predicted molar refractivity (Wildman–Crippen MR) is 133 cm³/mol. The first kappa shape index (κ1) is 25.3. The lowest BCUT2D eigenvalue weighted by Crippen LogP contribution is -2.60. The van der Waals surface area contributed by atoms with Gasteiger partial charge >= 0.3 is 6.36 Å². The van der Waals surface area contributed by atoms with Crippen LogP contribution in [0.4, 0.5) is 30.6 Å². The van der Waals surface area contributed by atoms with E-state index in [-0.39, 0.29) is 17.0 Å². The number of hydrogen-bond donors (Lipinski definition) is 1. The molecule has 1 N–H and O–H groups in total. The lowest BCUT2D eigenvalue weighted by molar-refractivity contribution is -0.274. The fourth-order valence-electron chi connectivity index (χ4n) is 5.18. The number of piperidine rings is 1. The fourth-order valence-corrected chi connectivity index (χ4v) is 5.18. The number of nitrogens with one attached hydrogen (secondary N) is 1. The van der Waals surface area contributed by atoms with Crippen LogP contribution in [0.2, 0.25) is 0 Å². The van der Waals surface area contributed by atoms with E-state index in [1.807, 2.05) is 10.9 Å². The molecule has 14 heteroatoms. The number of amides is 1. The Morgan fingerprint density at radius 1 is 1.15 bits per heavy atom. The number of rotatable bonds is 8. The van der Waals surface area contributed by atoms with Gasteiger partial charge in [0.05, 0.1) is 25.0 Å². The molecular formula is C25H27F3N8O3. The van der Waals surface area contributed by atoms with Crippen LogP contribution in [0.25, 0.3) is 11.4 Å². The minimum absolute atomic E-state index is 0.138. The molecule has 3 aliphatic heterocycles. The van der Waals surface area contributed by atoms with Crippen molar-refractivity contribution in [2.45, 2.75) is 25.7 Å². The molecule has 3 saturated heterocycles. The largest absolute Gasteiger partial charge is 0.573 e. The van der Waals surface area contributed by atoms with Gasteiger partial charge in [0.1, 0.15) is 23.2 Å². The first-order valence-electron chi connectivity index (χ1n) is 12.7. The first-order chi connectivity index (χ1) is 18.8. The summed E-state index contributed by atoms with van der Waals surface area (Å²) in [6.07, 6.45) is 2.76. The van der Waals surface area contributed by atoms with Crippen molar-refractivity contribution in [2.75, 3.05) is 49.6 Å². The molecule has 6 rings (SSSR count). The van der Waals surface area contributed by atoms with Gasteiger partial charge in [-0.2, -0.15) is 5.10 Å². The number of carbonyl (C=O) groups is 1. The number of anilines is 3. The van der Waals surface area contributed by atoms with E-state index in [0.717, 1.165) is 69.7 Å². The van der Waals surface area contributed by atoms with Gasteiger partial charge < -0.3 is 24.6 Å². The summed E-state index contributed by atoms with van der Waals surface area (Å²) in [7, 11) is 0. The standard InChI is InChI=1S/C25H27F3N8O3/c26-25(27,28)39-19-1-4-29-20(7-19)31-21-8-22(35-14-24(15-35)2-5-34(16-37)6-3-24)33-23(32-21)18-9-30-36(11-18)10-17-12-38-13-17/h1,4,7-9,11,16-17H,2-3,5-6,10,12-15H2,(H,29,31,32,33). The Morgan fingerprint density at radius 3 is 2.64 bits per heavy atom. The van der Waals surface area contributed by atoms with Crippen molar-refractivity contribution >= 4 is 23.9 Å². The third-order valence-electron chi connectivity index (χ3n) is 7.36. The molecule has 3 aromatic rings. The highest BCUT2D eigenvalue weighted by Crippen LogP contribution is 2.42. The van der Waals surface area contributed by atoms with Crippen LogP contribution in [0.3, 0.4) is 0 Å². The van der Waals surface area contributed by atoms with Gasteiger partial charge in [-0.3, -0.25) is 9.48 Å². The lowest BCUT2D eigenvalue weighted by atomic mass is 9.72. The average Bonchev–Trinajstić information content (AvgIpc) is 3.33. The molecule has 6 heterocycles. The Balaban J connectivity index is 1.25. The maximum absolute atomic E-state index is 12.7. The van der Waals surface area contributed by atoms with E-state index < -0.39 is 6.36 Å². The van der Waals surface area contributed by atoms with Gasteiger partial charge in [0.15, 0.2) is 5.82 Å². The maximum atomic E-state index is 12.7. The van der Waals surface area contributed by atoms with Crippen LogP contribution in [-0.4, -0.2) is 81.8 Å². The van der Waals surface area contributed by atoms with Gasteiger partial charge in [-0.25, -0.2) is 15.0 Å². The summed E-state index contributed by atoms with van der Waals surface area (Å²) in [5.41, 5.74) is 0.857. The number of aromatic nitrogens is 5. The molecule has 11 nitrogen and oxygen atoms in total. The van der Waals surface area contributed by atoms with E-state index >= 15 is 0 Å². The Bertz CT molecular complexity index is 1330. The van der Waals surface area contributed by atoms with Crippen molar-refractivity contribution in [2.24, 2.45) is 11.3 Å². The zero-order valence-corrected chi connectivity index (χ0v) is 21.0. The number of alkyl halides is 3. The Labute approximate surface area is 221 Å². The molecule has 0 bridgehead atoms. The van der Waals surface area contributed by atoms with Crippen LogP contribution < -0.4 is 15.0 Å². The van der Waals surface area contributed by atoms with Crippen LogP contribution >= 0.6 is 0 Å². The topological polar surface area (TPSA) is 111 Å². The normalized spacial score (nSPS) is 18.9. The first-order valence-corrected chi connectivity index (χ1v) is 12.7. The summed E-state index contributed by atoms with van der Waals surface area (Å²) in [6.45, 7) is 5.22. The van der Waals surface area contributed by atoms with E-state index in [1.54, 1.807) is 17.2 Å². The van der Waals surface area contributed by atoms with Gasteiger partial charge in [-0.1, -0.05) is 0 Å². The monoisotopic (exact) mass is 544 g/mol. The summed E-state index contributed by atoms with van der Waals surface area (Å²) in [5, 5.41) is 7.44. The quantitative estimate of drug-likeness (QED) is 0.428. The summed E-state index contributed by atoms with van der Waals surface area (Å²) in [6, 6.07) is 4.05. The summed E-state index contributed by atoms with van der Waals surface area (Å²) in [4.78, 5) is 28.6. The van der Waals surface area contributed by atoms with Crippen molar-refractivity contribution < 1.29 is 27.4 Å². The molecule has 0 atom stereocenters. The van der Waals surface area contributed by atoms with Crippen molar-refractivity contribution in [3.05, 3.63) is 36.8 Å². The zero-order chi connectivity index (χ0) is 27.0. The highest BCUT2D eigenvalue weighted by molar-refractivity contribution is 5.65. The number of likely N-dealkylation sites (tertiary alicyclic amines) is 1. The highest BCUT2D eigenvalue weighted by Gasteiger charge is 2.45. The molecule has 0 saturated carbocycles. The van der Waals surface area contributed by atoms with Crippen molar-refractivity contribution in [3.8, 4) is 17.1 Å². The van der Waals surface area contributed by atoms with Crippen molar-refractivity contribution in [1.29, 1.82) is 0 Å². The molecule has 1 amide bonds. The molecule has 39 heavy (non-hydrogen) atoms. The number of carbonyl (C=O) groups excluding carboxylic acids is 1. The molecule has 0 radical (unpaired) electrons. The van der Waals surface area contributed by atoms with Gasteiger partial charge in [-0.15, -0.1) is 13.2 Å². The number of hydrogen-bond acceptors (Lipinski definition) is 9. The Hall–Kier alpha value is -3.94. The SMILES string of the molecule is O=CN1CCC2(CC1)CN(c1cc(Nc3cc(OC(F)(F)F)ccn3)nc(-c3cnn(CC4COC4)c3)n1)C2. The van der Waals surface area contributed by atoms with Crippen LogP contribution in [0.15, 0.2) is 36.8 Å². The van der Waals surface area contributed by atoms with Crippen molar-refractivity contribution in [3.63, 3.8) is 0 Å². The molecule has 206 valence electrons. The van der Waals surface area contributed by atoms with Crippen LogP contribution in [0.5, 0.6) is 5.75 Å². The summed E-state index contributed by atoms with van der Waals surface area (Å²) < 4.78 is 49.2. The van der Waals surface area contributed by atoms with E-state index in [2.05, 4.69) is 30.0 Å². The third-order valence-corrected chi connectivity index (χ3v) is 7.36. The predicted octanol–water partition coefficient (Wildman–Crippen LogP) is 3.08. The second kappa shape index (κ2) is 9.98. The van der Waals surface area contributed by atoms with Gasteiger partial charge in [0.2, 0.25) is 6.41 Å². The van der Waals surface area contributed by atoms with Crippen LogP contribution in [0, 0.1) is 11.3 Å². The average molecular weight is 545 g/mol. The van der Waals surface area contributed by atoms with Crippen LogP contribution in [-0.2, 0) is 16.1 Å². The third kappa shape index (κ3) is 5.75. The molecule has 0 aromatic carbocycles. The summed E-state index contributed by atoms with van der Waals surface area (Å²) >= 11 is 0. The minimum Gasteiger partial charge on any atom is -0.406 e. The molecule has 1 spiro atoms. The minimum atomic E-state index is -4.81. The van der Waals surface area contributed by atoms with E-state index in [9.17, 15) is 18.0 Å². The highest BCUT2D eigenvalue weighted by atomic mass is 19.4. The number of halogens is 3. The Kier molecular flexibility index (Phi) is 6.49. The van der Waals surface area contributed by atoms with E-state index in [1.165, 1.54) is 6.20 Å². The van der Waals surface area contributed by atoms with Gasteiger partial charge in [0, 0.05) is 68.6 Å². The molecule has 3 fully saturated rings. The number of ether oxygens (including phenoxy) is 2. The fraction of sp³-hybridized carbons (Fsp3) is 0.480. The summed E-state index contributed by atoms with van der Waals surface area (Å²) in [5.74, 6) is 1.68. The van der Waals surface area contributed by atoms with E-state index in [4.69, 9.17) is 9.72 Å². The maximum Gasteiger partial charge on any atom is 0.573 e. The molecule has 3 aliphatic rings. The molecule has 0 unspecified atom stereocenters.